The van der Waals surface area contributed by atoms with E-state index in [1.54, 1.807) is 4.90 Å². The van der Waals surface area contributed by atoms with Gasteiger partial charge < -0.3 is 10.0 Å². The molecule has 1 heterocycles. The highest BCUT2D eigenvalue weighted by Crippen LogP contribution is 2.22. The summed E-state index contributed by atoms with van der Waals surface area (Å²) in [6.45, 7) is 2.96. The lowest BCUT2D eigenvalue weighted by atomic mass is 10.0. The number of carbonyl (C=O) groups is 1. The van der Waals surface area contributed by atoms with Crippen molar-refractivity contribution in [1.82, 2.24) is 4.90 Å². The summed E-state index contributed by atoms with van der Waals surface area (Å²) in [6, 6.07) is 9.18. The molecular formula is C21H33NO2. The zero-order chi connectivity index (χ0) is 17.2. The van der Waals surface area contributed by atoms with Crippen molar-refractivity contribution in [3.05, 3.63) is 35.4 Å². The highest BCUT2D eigenvalue weighted by atomic mass is 16.4. The van der Waals surface area contributed by atoms with Crippen LogP contribution >= 0.6 is 0 Å². The summed E-state index contributed by atoms with van der Waals surface area (Å²) in [5, 5.41) is 9.19. The number of hydrogen-bond donors (Lipinski definition) is 1. The quantitative estimate of drug-likeness (QED) is 0.562. The summed E-state index contributed by atoms with van der Waals surface area (Å²) in [6.07, 6.45) is 12.4. The molecular weight excluding hydrogens is 298 g/mol. The average molecular weight is 332 g/mol. The highest BCUT2D eigenvalue weighted by molar-refractivity contribution is 5.65. The summed E-state index contributed by atoms with van der Waals surface area (Å²) in [5.74, 6) is 0. The molecule has 24 heavy (non-hydrogen) atoms. The number of unbranched alkanes of at least 4 members (excludes halogenated alkanes) is 5. The molecule has 0 radical (unpaired) electrons. The van der Waals surface area contributed by atoms with E-state index in [1.165, 1.54) is 56.1 Å². The van der Waals surface area contributed by atoms with Crippen molar-refractivity contribution in [2.24, 2.45) is 0 Å². The number of aryl methyl sites for hydroxylation is 2. The normalized spacial score (nSPS) is 17.4. The fourth-order valence-electron chi connectivity index (χ4n) is 3.70. The smallest absolute Gasteiger partial charge is 0.407 e. The Bertz CT molecular complexity index is 483. The van der Waals surface area contributed by atoms with Crippen LogP contribution in [0, 0.1) is 0 Å². The van der Waals surface area contributed by atoms with Gasteiger partial charge in [0.1, 0.15) is 0 Å². The fourth-order valence-corrected chi connectivity index (χ4v) is 3.70. The average Bonchev–Trinajstić information content (AvgIpc) is 3.06. The molecule has 1 saturated heterocycles. The second kappa shape index (κ2) is 10.4. The van der Waals surface area contributed by atoms with E-state index in [1.807, 2.05) is 0 Å². The van der Waals surface area contributed by atoms with E-state index in [4.69, 9.17) is 0 Å². The molecule has 1 aliphatic heterocycles. The predicted molar refractivity (Wildman–Crippen MR) is 99.6 cm³/mol. The SMILES string of the molecule is CCCCCCCCc1ccc(CC[C@@H]2CCCN2C(=O)O)cc1. The zero-order valence-corrected chi connectivity index (χ0v) is 15.2. The maximum Gasteiger partial charge on any atom is 0.407 e. The lowest BCUT2D eigenvalue weighted by molar-refractivity contribution is 0.138. The van der Waals surface area contributed by atoms with Crippen LogP contribution < -0.4 is 0 Å². The lowest BCUT2D eigenvalue weighted by Crippen LogP contribution is -2.34. The molecule has 1 atom stereocenters. The van der Waals surface area contributed by atoms with Gasteiger partial charge in [0.25, 0.3) is 0 Å². The van der Waals surface area contributed by atoms with Crippen LogP contribution in [0.3, 0.4) is 0 Å². The van der Waals surface area contributed by atoms with Gasteiger partial charge in [-0.05, 0) is 49.7 Å². The second-order valence-electron chi connectivity index (χ2n) is 7.14. The largest absolute Gasteiger partial charge is 0.465 e. The van der Waals surface area contributed by atoms with Gasteiger partial charge in [-0.15, -0.1) is 0 Å². The van der Waals surface area contributed by atoms with Crippen LogP contribution in [0.15, 0.2) is 24.3 Å². The minimum absolute atomic E-state index is 0.213. The molecule has 3 nitrogen and oxygen atoms in total. The van der Waals surface area contributed by atoms with Gasteiger partial charge in [-0.3, -0.25) is 0 Å². The van der Waals surface area contributed by atoms with Crippen molar-refractivity contribution < 1.29 is 9.90 Å². The summed E-state index contributed by atoms with van der Waals surface area (Å²) >= 11 is 0. The van der Waals surface area contributed by atoms with Gasteiger partial charge >= 0.3 is 6.09 Å². The standard InChI is InChI=1S/C21H33NO2/c1-2-3-4-5-6-7-9-18-11-13-19(14-12-18)15-16-20-10-8-17-22(20)21(23)24/h11-14,20H,2-10,15-17H2,1H3,(H,23,24)/t20-/m0/s1. The molecule has 0 unspecified atom stereocenters. The molecule has 0 saturated carbocycles. The molecule has 1 N–H and O–H groups in total. The van der Waals surface area contributed by atoms with Crippen LogP contribution in [0.1, 0.15) is 75.8 Å². The van der Waals surface area contributed by atoms with E-state index in [0.717, 1.165) is 25.7 Å². The molecule has 1 aliphatic rings. The first kappa shape index (κ1) is 18.8. The van der Waals surface area contributed by atoms with Crippen molar-refractivity contribution in [3.8, 4) is 0 Å². The molecule has 0 spiro atoms. The fraction of sp³-hybridized carbons (Fsp3) is 0.667. The summed E-state index contributed by atoms with van der Waals surface area (Å²) < 4.78 is 0. The number of nitrogens with zero attached hydrogens (tertiary/aromatic N) is 1. The Kier molecular flexibility index (Phi) is 8.14. The molecule has 1 aromatic carbocycles. The van der Waals surface area contributed by atoms with Crippen LogP contribution in [-0.2, 0) is 12.8 Å². The van der Waals surface area contributed by atoms with Crippen molar-refractivity contribution in [1.29, 1.82) is 0 Å². The first-order chi connectivity index (χ1) is 11.7. The van der Waals surface area contributed by atoms with E-state index in [2.05, 4.69) is 31.2 Å². The van der Waals surface area contributed by atoms with E-state index in [-0.39, 0.29) is 6.04 Å². The topological polar surface area (TPSA) is 40.5 Å². The van der Waals surface area contributed by atoms with Crippen LogP contribution in [0.25, 0.3) is 0 Å². The molecule has 1 amide bonds. The third kappa shape index (κ3) is 6.18. The van der Waals surface area contributed by atoms with Crippen LogP contribution in [0.2, 0.25) is 0 Å². The number of benzene rings is 1. The second-order valence-corrected chi connectivity index (χ2v) is 7.14. The third-order valence-electron chi connectivity index (χ3n) is 5.23. The molecule has 2 rings (SSSR count). The molecule has 0 aromatic heterocycles. The Morgan fingerprint density at radius 1 is 1.04 bits per heavy atom. The van der Waals surface area contributed by atoms with E-state index in [0.29, 0.717) is 6.54 Å². The lowest BCUT2D eigenvalue weighted by Gasteiger charge is -2.21. The molecule has 3 heteroatoms. The van der Waals surface area contributed by atoms with Gasteiger partial charge in [0.15, 0.2) is 0 Å². The molecule has 0 aliphatic carbocycles. The Balaban J connectivity index is 1.67. The van der Waals surface area contributed by atoms with Gasteiger partial charge in [0, 0.05) is 12.6 Å². The first-order valence-electron chi connectivity index (χ1n) is 9.78. The Hall–Kier alpha value is -1.51. The van der Waals surface area contributed by atoms with Gasteiger partial charge in [0.2, 0.25) is 0 Å². The zero-order valence-electron chi connectivity index (χ0n) is 15.2. The maximum atomic E-state index is 11.2. The Morgan fingerprint density at radius 2 is 1.67 bits per heavy atom. The summed E-state index contributed by atoms with van der Waals surface area (Å²) in [7, 11) is 0. The van der Waals surface area contributed by atoms with Gasteiger partial charge in [0.05, 0.1) is 0 Å². The number of amides is 1. The Morgan fingerprint density at radius 3 is 2.33 bits per heavy atom. The van der Waals surface area contributed by atoms with E-state index in [9.17, 15) is 9.90 Å². The number of carboxylic acid groups (broad SMARTS) is 1. The minimum Gasteiger partial charge on any atom is -0.465 e. The van der Waals surface area contributed by atoms with Crippen molar-refractivity contribution in [2.75, 3.05) is 6.54 Å². The van der Waals surface area contributed by atoms with Crippen LogP contribution in [-0.4, -0.2) is 28.7 Å². The first-order valence-corrected chi connectivity index (χ1v) is 9.78. The Labute approximate surface area is 147 Å². The van der Waals surface area contributed by atoms with Crippen LogP contribution in [0.4, 0.5) is 4.79 Å². The van der Waals surface area contributed by atoms with Crippen molar-refractivity contribution in [3.63, 3.8) is 0 Å². The number of rotatable bonds is 10. The predicted octanol–water partition coefficient (Wildman–Crippen LogP) is 5.66. The van der Waals surface area contributed by atoms with Crippen molar-refractivity contribution in [2.45, 2.75) is 83.6 Å². The molecule has 0 bridgehead atoms. The molecule has 134 valence electrons. The maximum absolute atomic E-state index is 11.2. The number of hydrogen-bond acceptors (Lipinski definition) is 1. The van der Waals surface area contributed by atoms with Gasteiger partial charge in [-0.1, -0.05) is 63.3 Å². The van der Waals surface area contributed by atoms with Crippen LogP contribution in [0.5, 0.6) is 0 Å². The van der Waals surface area contributed by atoms with E-state index < -0.39 is 6.09 Å². The van der Waals surface area contributed by atoms with Gasteiger partial charge in [-0.2, -0.15) is 0 Å². The minimum atomic E-state index is -0.758. The molecule has 1 aromatic rings. The van der Waals surface area contributed by atoms with Gasteiger partial charge in [-0.25, -0.2) is 4.79 Å². The summed E-state index contributed by atoms with van der Waals surface area (Å²) in [5.41, 5.74) is 2.77. The monoisotopic (exact) mass is 331 g/mol. The highest BCUT2D eigenvalue weighted by Gasteiger charge is 2.27. The molecule has 1 fully saturated rings. The summed E-state index contributed by atoms with van der Waals surface area (Å²) in [4.78, 5) is 12.8. The third-order valence-corrected chi connectivity index (χ3v) is 5.23. The van der Waals surface area contributed by atoms with Crippen molar-refractivity contribution >= 4 is 6.09 Å². The van der Waals surface area contributed by atoms with E-state index >= 15 is 0 Å². The number of likely N-dealkylation sites (tertiary alicyclic amines) is 1.